The number of rotatable bonds is 4. The van der Waals surface area contributed by atoms with Crippen LogP contribution in [-0.2, 0) is 16.1 Å². The van der Waals surface area contributed by atoms with Crippen LogP contribution in [0.1, 0.15) is 31.2 Å². The third-order valence-electron chi connectivity index (χ3n) is 5.51. The first-order chi connectivity index (χ1) is 11.7. The highest BCUT2D eigenvalue weighted by Gasteiger charge is 2.50. The van der Waals surface area contributed by atoms with Gasteiger partial charge in [0, 0.05) is 19.2 Å². The van der Waals surface area contributed by atoms with Gasteiger partial charge in [-0.3, -0.25) is 4.79 Å². The second-order valence-corrected chi connectivity index (χ2v) is 7.93. The number of fused-ring (bicyclic) bond motifs is 2. The Hall–Kier alpha value is -1.50. The summed E-state index contributed by atoms with van der Waals surface area (Å²) in [7, 11) is 1.68. The average Bonchev–Trinajstić information content (AvgIpc) is 3.19. The van der Waals surface area contributed by atoms with Crippen LogP contribution in [0.2, 0.25) is 0 Å². The maximum Gasteiger partial charge on any atom is 0.233 e. The summed E-state index contributed by atoms with van der Waals surface area (Å²) in [6.07, 6.45) is 4.51. The molecule has 1 aliphatic carbocycles. The minimum atomic E-state index is -0.245. The molecule has 2 atom stereocenters. The van der Waals surface area contributed by atoms with Crippen molar-refractivity contribution in [3.05, 3.63) is 23.8 Å². The summed E-state index contributed by atoms with van der Waals surface area (Å²) in [4.78, 5) is 17.7. The molecule has 1 aromatic heterocycles. The minimum Gasteiger partial charge on any atom is -0.380 e. The van der Waals surface area contributed by atoms with Gasteiger partial charge >= 0.3 is 0 Å². The van der Waals surface area contributed by atoms with Gasteiger partial charge in [-0.25, -0.2) is 4.98 Å². The third-order valence-corrected chi connectivity index (χ3v) is 6.45. The molecule has 4 rings (SSSR count). The molecule has 1 saturated heterocycles. The number of nitrogens with zero attached hydrogens (tertiary/aromatic N) is 1. The van der Waals surface area contributed by atoms with Crippen molar-refractivity contribution in [3.63, 3.8) is 0 Å². The molecule has 0 bridgehead atoms. The van der Waals surface area contributed by atoms with E-state index in [1.54, 1.807) is 18.4 Å². The lowest BCUT2D eigenvalue weighted by atomic mass is 9.68. The van der Waals surface area contributed by atoms with Gasteiger partial charge in [0.05, 0.1) is 22.2 Å². The summed E-state index contributed by atoms with van der Waals surface area (Å²) in [6.45, 7) is 2.29. The van der Waals surface area contributed by atoms with Gasteiger partial charge in [0.2, 0.25) is 5.91 Å². The smallest absolute Gasteiger partial charge is 0.233 e. The molecule has 0 spiro atoms. The third kappa shape index (κ3) is 2.62. The number of methoxy groups -OCH3 is 1. The van der Waals surface area contributed by atoms with Crippen LogP contribution in [0.25, 0.3) is 10.2 Å². The SMILES string of the molecule is COCc1cccc2sc(NC(=O)[C@@]34CCCC[C@H]3CNC4)nc12. The number of benzene rings is 1. The van der Waals surface area contributed by atoms with E-state index in [-0.39, 0.29) is 11.3 Å². The molecule has 1 amide bonds. The van der Waals surface area contributed by atoms with E-state index in [0.29, 0.717) is 17.7 Å². The number of hydrogen-bond donors (Lipinski definition) is 2. The first-order valence-electron chi connectivity index (χ1n) is 8.62. The number of carbonyl (C=O) groups excluding carboxylic acids is 1. The fourth-order valence-corrected chi connectivity index (χ4v) is 5.15. The summed E-state index contributed by atoms with van der Waals surface area (Å²) in [5, 5.41) is 7.25. The van der Waals surface area contributed by atoms with Gasteiger partial charge in [0.15, 0.2) is 5.13 Å². The number of anilines is 1. The van der Waals surface area contributed by atoms with Crippen LogP contribution >= 0.6 is 11.3 Å². The first kappa shape index (κ1) is 16.0. The predicted octanol–water partition coefficient (Wildman–Crippen LogP) is 3.16. The second kappa shape index (κ2) is 6.43. The molecule has 2 heterocycles. The van der Waals surface area contributed by atoms with Gasteiger partial charge in [0.1, 0.15) is 0 Å². The molecule has 2 aliphatic rings. The zero-order chi connectivity index (χ0) is 16.6. The van der Waals surface area contributed by atoms with E-state index >= 15 is 0 Å². The fourth-order valence-electron chi connectivity index (χ4n) is 4.24. The molecule has 1 aromatic carbocycles. The Morgan fingerprint density at radius 2 is 2.42 bits per heavy atom. The molecule has 1 saturated carbocycles. The van der Waals surface area contributed by atoms with Gasteiger partial charge in [-0.05, 0) is 31.4 Å². The van der Waals surface area contributed by atoms with E-state index in [0.717, 1.165) is 48.1 Å². The van der Waals surface area contributed by atoms with Crippen LogP contribution in [0.5, 0.6) is 0 Å². The normalized spacial score (nSPS) is 26.5. The largest absolute Gasteiger partial charge is 0.380 e. The molecule has 2 aromatic rings. The van der Waals surface area contributed by atoms with Gasteiger partial charge in [-0.1, -0.05) is 36.3 Å². The molecular weight excluding hydrogens is 322 g/mol. The molecule has 2 fully saturated rings. The first-order valence-corrected chi connectivity index (χ1v) is 9.44. The topological polar surface area (TPSA) is 63.2 Å². The lowest BCUT2D eigenvalue weighted by molar-refractivity contribution is -0.128. The van der Waals surface area contributed by atoms with Crippen LogP contribution in [-0.4, -0.2) is 31.1 Å². The minimum absolute atomic E-state index is 0.143. The van der Waals surface area contributed by atoms with Crippen molar-refractivity contribution in [2.75, 3.05) is 25.5 Å². The molecule has 5 nitrogen and oxygen atoms in total. The molecule has 1 aliphatic heterocycles. The molecule has 0 unspecified atom stereocenters. The van der Waals surface area contributed by atoms with Crippen LogP contribution < -0.4 is 10.6 Å². The van der Waals surface area contributed by atoms with E-state index in [4.69, 9.17) is 4.74 Å². The number of para-hydroxylation sites is 1. The molecular formula is C18H23N3O2S. The number of amides is 1. The molecule has 6 heteroatoms. The molecule has 0 radical (unpaired) electrons. The summed E-state index contributed by atoms with van der Waals surface area (Å²) in [5.74, 6) is 0.606. The maximum absolute atomic E-state index is 13.0. The number of thiazole rings is 1. The highest BCUT2D eigenvalue weighted by Crippen LogP contribution is 2.44. The molecule has 128 valence electrons. The number of ether oxygens (including phenoxy) is 1. The molecule has 2 N–H and O–H groups in total. The van der Waals surface area contributed by atoms with Crippen molar-refractivity contribution < 1.29 is 9.53 Å². The summed E-state index contributed by atoms with van der Waals surface area (Å²) in [5.41, 5.74) is 1.75. The van der Waals surface area contributed by atoms with E-state index in [1.165, 1.54) is 6.42 Å². The Bertz CT molecular complexity index is 760. The Morgan fingerprint density at radius 3 is 3.29 bits per heavy atom. The van der Waals surface area contributed by atoms with Gasteiger partial charge in [0.25, 0.3) is 0 Å². The summed E-state index contributed by atoms with van der Waals surface area (Å²) in [6, 6.07) is 6.08. The lowest BCUT2D eigenvalue weighted by Crippen LogP contribution is -2.44. The van der Waals surface area contributed by atoms with Gasteiger partial charge < -0.3 is 15.4 Å². The number of hydrogen-bond acceptors (Lipinski definition) is 5. The van der Waals surface area contributed by atoms with E-state index in [9.17, 15) is 4.79 Å². The van der Waals surface area contributed by atoms with Crippen molar-refractivity contribution in [1.29, 1.82) is 0 Å². The Labute approximate surface area is 145 Å². The van der Waals surface area contributed by atoms with Crippen molar-refractivity contribution in [2.24, 2.45) is 11.3 Å². The zero-order valence-corrected chi connectivity index (χ0v) is 14.7. The maximum atomic E-state index is 13.0. The van der Waals surface area contributed by atoms with E-state index < -0.39 is 0 Å². The average molecular weight is 345 g/mol. The predicted molar refractivity (Wildman–Crippen MR) is 96.2 cm³/mol. The van der Waals surface area contributed by atoms with Crippen molar-refractivity contribution in [2.45, 2.75) is 32.3 Å². The summed E-state index contributed by atoms with van der Waals surface area (Å²) < 4.78 is 6.33. The highest BCUT2D eigenvalue weighted by molar-refractivity contribution is 7.22. The lowest BCUT2D eigenvalue weighted by Gasteiger charge is -2.36. The Morgan fingerprint density at radius 1 is 1.50 bits per heavy atom. The van der Waals surface area contributed by atoms with E-state index in [1.807, 2.05) is 18.2 Å². The van der Waals surface area contributed by atoms with Crippen LogP contribution in [0.15, 0.2) is 18.2 Å². The van der Waals surface area contributed by atoms with Gasteiger partial charge in [-0.15, -0.1) is 0 Å². The standard InChI is InChI=1S/C18H23N3O2S/c1-23-10-12-5-4-7-14-15(12)20-17(24-14)21-16(22)18-8-3-2-6-13(18)9-19-11-18/h4-5,7,13,19H,2-3,6,8-11H2,1H3,(H,20,21,22)/t13-,18+/m0/s1. The number of aromatic nitrogens is 1. The Kier molecular flexibility index (Phi) is 4.28. The molecule has 24 heavy (non-hydrogen) atoms. The van der Waals surface area contributed by atoms with Crippen LogP contribution in [0, 0.1) is 11.3 Å². The zero-order valence-electron chi connectivity index (χ0n) is 13.9. The van der Waals surface area contributed by atoms with Gasteiger partial charge in [-0.2, -0.15) is 0 Å². The van der Waals surface area contributed by atoms with E-state index in [2.05, 4.69) is 15.6 Å². The van der Waals surface area contributed by atoms with Crippen molar-refractivity contribution in [3.8, 4) is 0 Å². The number of carbonyl (C=O) groups is 1. The van der Waals surface area contributed by atoms with Crippen LogP contribution in [0.3, 0.4) is 0 Å². The van der Waals surface area contributed by atoms with Crippen molar-refractivity contribution in [1.82, 2.24) is 10.3 Å². The van der Waals surface area contributed by atoms with Crippen LogP contribution in [0.4, 0.5) is 5.13 Å². The highest BCUT2D eigenvalue weighted by atomic mass is 32.1. The monoisotopic (exact) mass is 345 g/mol. The van der Waals surface area contributed by atoms with Crippen molar-refractivity contribution >= 4 is 32.6 Å². The second-order valence-electron chi connectivity index (χ2n) is 6.90. The Balaban J connectivity index is 1.60. The number of nitrogens with one attached hydrogen (secondary N) is 2. The fraction of sp³-hybridized carbons (Fsp3) is 0.556. The quantitative estimate of drug-likeness (QED) is 0.893. The summed E-state index contributed by atoms with van der Waals surface area (Å²) >= 11 is 1.54.